The number of hydrogen-bond donors (Lipinski definition) is 2. The summed E-state index contributed by atoms with van der Waals surface area (Å²) in [7, 11) is 1.65. The summed E-state index contributed by atoms with van der Waals surface area (Å²) in [6.07, 6.45) is 1.56. The topological polar surface area (TPSA) is 54.0 Å². The summed E-state index contributed by atoms with van der Waals surface area (Å²) < 4.78 is 14.0. The average molecular weight is 393 g/mol. The van der Waals surface area contributed by atoms with Crippen molar-refractivity contribution in [3.05, 3.63) is 50.3 Å². The molecule has 0 aliphatic carbocycles. The number of aromatic nitrogens is 1. The Morgan fingerprint density at radius 1 is 1.29 bits per heavy atom. The maximum absolute atomic E-state index is 13.3. The summed E-state index contributed by atoms with van der Waals surface area (Å²) in [6, 6.07) is 4.18. The van der Waals surface area contributed by atoms with Crippen LogP contribution >= 0.6 is 39.1 Å². The molecule has 4 nitrogen and oxygen atoms in total. The fourth-order valence-corrected chi connectivity index (χ4v) is 2.46. The molecule has 0 radical (unpaired) electrons. The minimum absolute atomic E-state index is 0.168. The van der Waals surface area contributed by atoms with Crippen molar-refractivity contribution in [3.8, 4) is 0 Å². The van der Waals surface area contributed by atoms with Gasteiger partial charge in [0, 0.05) is 23.4 Å². The number of nitrogens with zero attached hydrogens (tertiary/aromatic N) is 1. The van der Waals surface area contributed by atoms with Gasteiger partial charge < -0.3 is 10.6 Å². The number of halogens is 4. The maximum atomic E-state index is 13.3. The van der Waals surface area contributed by atoms with Crippen LogP contribution in [0, 0.1) is 5.82 Å². The van der Waals surface area contributed by atoms with E-state index in [1.165, 1.54) is 12.1 Å². The molecule has 110 valence electrons. The first-order valence-electron chi connectivity index (χ1n) is 5.71. The summed E-state index contributed by atoms with van der Waals surface area (Å²) in [5.74, 6) is -0.738. The SMILES string of the molecule is CNc1ncc(Br)cc1C(=O)Nc1cc(Cl)c(F)c(Cl)c1. The maximum Gasteiger partial charge on any atom is 0.259 e. The van der Waals surface area contributed by atoms with Crippen LogP contribution in [0.1, 0.15) is 10.4 Å². The van der Waals surface area contributed by atoms with Crippen molar-refractivity contribution in [2.24, 2.45) is 0 Å². The van der Waals surface area contributed by atoms with Gasteiger partial charge in [-0.15, -0.1) is 0 Å². The molecule has 0 fully saturated rings. The molecule has 8 heteroatoms. The lowest BCUT2D eigenvalue weighted by Gasteiger charge is -2.10. The Labute approximate surface area is 138 Å². The van der Waals surface area contributed by atoms with Crippen LogP contribution < -0.4 is 10.6 Å². The highest BCUT2D eigenvalue weighted by Crippen LogP contribution is 2.28. The lowest BCUT2D eigenvalue weighted by molar-refractivity contribution is 0.102. The number of hydrogen-bond acceptors (Lipinski definition) is 3. The van der Waals surface area contributed by atoms with Crippen LogP contribution in [0.5, 0.6) is 0 Å². The summed E-state index contributed by atoms with van der Waals surface area (Å²) in [5, 5.41) is 5.07. The predicted octanol–water partition coefficient (Wildman–Crippen LogP) is 4.58. The molecule has 0 unspecified atom stereocenters. The van der Waals surface area contributed by atoms with Gasteiger partial charge in [-0.05, 0) is 34.1 Å². The molecule has 0 aliphatic rings. The van der Waals surface area contributed by atoms with E-state index in [1.807, 2.05) is 0 Å². The molecular weight excluding hydrogens is 384 g/mol. The van der Waals surface area contributed by atoms with E-state index in [0.29, 0.717) is 21.5 Å². The van der Waals surface area contributed by atoms with E-state index in [9.17, 15) is 9.18 Å². The molecule has 0 aliphatic heterocycles. The molecule has 2 N–H and O–H groups in total. The summed E-state index contributed by atoms with van der Waals surface area (Å²) in [6.45, 7) is 0. The molecule has 21 heavy (non-hydrogen) atoms. The van der Waals surface area contributed by atoms with E-state index < -0.39 is 11.7 Å². The molecule has 1 aromatic carbocycles. The first-order chi connectivity index (χ1) is 9.92. The number of pyridine rings is 1. The Kier molecular flexibility index (Phi) is 5.03. The normalized spacial score (nSPS) is 10.3. The lowest BCUT2D eigenvalue weighted by Crippen LogP contribution is -2.15. The molecule has 0 bridgehead atoms. The zero-order valence-corrected chi connectivity index (χ0v) is 13.8. The van der Waals surface area contributed by atoms with Gasteiger partial charge in [0.25, 0.3) is 5.91 Å². The highest BCUT2D eigenvalue weighted by molar-refractivity contribution is 9.10. The van der Waals surface area contributed by atoms with Gasteiger partial charge in [0.2, 0.25) is 0 Å². The van der Waals surface area contributed by atoms with E-state index in [2.05, 4.69) is 31.5 Å². The zero-order chi connectivity index (χ0) is 15.6. The highest BCUT2D eigenvalue weighted by Gasteiger charge is 2.15. The van der Waals surface area contributed by atoms with Crippen LogP contribution in [0.3, 0.4) is 0 Å². The molecule has 0 saturated carbocycles. The molecule has 0 spiro atoms. The van der Waals surface area contributed by atoms with Crippen LogP contribution in [0.2, 0.25) is 10.0 Å². The van der Waals surface area contributed by atoms with Crippen LogP contribution in [-0.4, -0.2) is 17.9 Å². The Bertz CT molecular complexity index is 689. The van der Waals surface area contributed by atoms with E-state index in [4.69, 9.17) is 23.2 Å². The van der Waals surface area contributed by atoms with Gasteiger partial charge in [-0.25, -0.2) is 9.37 Å². The van der Waals surface area contributed by atoms with Gasteiger partial charge in [0.15, 0.2) is 5.82 Å². The Morgan fingerprint density at radius 2 is 1.90 bits per heavy atom. The minimum Gasteiger partial charge on any atom is -0.372 e. The van der Waals surface area contributed by atoms with Crippen molar-refractivity contribution in [3.63, 3.8) is 0 Å². The summed E-state index contributed by atoms with van der Waals surface area (Å²) >= 11 is 14.6. The zero-order valence-electron chi connectivity index (χ0n) is 10.7. The largest absolute Gasteiger partial charge is 0.372 e. The van der Waals surface area contributed by atoms with Crippen LogP contribution in [0.15, 0.2) is 28.9 Å². The number of amides is 1. The number of nitrogens with one attached hydrogen (secondary N) is 2. The third-order valence-electron chi connectivity index (χ3n) is 2.58. The predicted molar refractivity (Wildman–Crippen MR) is 85.9 cm³/mol. The standard InChI is InChI=1S/C13H9BrCl2FN3O/c1-18-12-8(2-6(14)5-19-12)13(21)20-7-3-9(15)11(17)10(16)4-7/h2-5H,1H3,(H,18,19)(H,20,21). The number of benzene rings is 1. The molecule has 2 aromatic rings. The second kappa shape index (κ2) is 6.60. The monoisotopic (exact) mass is 391 g/mol. The highest BCUT2D eigenvalue weighted by atomic mass is 79.9. The molecule has 2 rings (SSSR count). The van der Waals surface area contributed by atoms with E-state index in [-0.39, 0.29) is 10.0 Å². The number of anilines is 2. The van der Waals surface area contributed by atoms with Crippen molar-refractivity contribution < 1.29 is 9.18 Å². The van der Waals surface area contributed by atoms with Gasteiger partial charge in [-0.3, -0.25) is 4.79 Å². The second-order valence-corrected chi connectivity index (χ2v) is 5.74. The lowest BCUT2D eigenvalue weighted by atomic mass is 10.2. The molecule has 0 atom stereocenters. The van der Waals surface area contributed by atoms with Crippen molar-refractivity contribution >= 4 is 56.5 Å². The third kappa shape index (κ3) is 3.64. The van der Waals surface area contributed by atoms with Crippen molar-refractivity contribution in [1.82, 2.24) is 4.98 Å². The van der Waals surface area contributed by atoms with Gasteiger partial charge in [0.1, 0.15) is 5.82 Å². The summed E-state index contributed by atoms with van der Waals surface area (Å²) in [4.78, 5) is 16.3. The quantitative estimate of drug-likeness (QED) is 0.751. The van der Waals surface area contributed by atoms with Crippen molar-refractivity contribution in [2.45, 2.75) is 0 Å². The first-order valence-corrected chi connectivity index (χ1v) is 7.26. The Balaban J connectivity index is 2.32. The van der Waals surface area contributed by atoms with Crippen molar-refractivity contribution in [2.75, 3.05) is 17.7 Å². The smallest absolute Gasteiger partial charge is 0.259 e. The fraction of sp³-hybridized carbons (Fsp3) is 0.0769. The number of carbonyl (C=O) groups excluding carboxylic acids is 1. The van der Waals surface area contributed by atoms with Gasteiger partial charge in [-0.2, -0.15) is 0 Å². The molecule has 1 heterocycles. The summed E-state index contributed by atoms with van der Waals surface area (Å²) in [5.41, 5.74) is 0.613. The van der Waals surface area contributed by atoms with E-state index >= 15 is 0 Å². The fourth-order valence-electron chi connectivity index (χ4n) is 1.64. The van der Waals surface area contributed by atoms with Crippen molar-refractivity contribution in [1.29, 1.82) is 0 Å². The number of carbonyl (C=O) groups is 1. The first kappa shape index (κ1) is 16.0. The molecular formula is C13H9BrCl2FN3O. The Hall–Kier alpha value is -1.37. The number of rotatable bonds is 3. The van der Waals surface area contributed by atoms with E-state index in [0.717, 1.165) is 0 Å². The van der Waals surface area contributed by atoms with Crippen LogP contribution in [0.4, 0.5) is 15.9 Å². The molecule has 1 aromatic heterocycles. The minimum atomic E-state index is -0.726. The van der Waals surface area contributed by atoms with Gasteiger partial charge >= 0.3 is 0 Å². The molecule has 0 saturated heterocycles. The third-order valence-corrected chi connectivity index (χ3v) is 3.56. The van der Waals surface area contributed by atoms with Gasteiger partial charge in [-0.1, -0.05) is 23.2 Å². The van der Waals surface area contributed by atoms with Crippen LogP contribution in [-0.2, 0) is 0 Å². The Morgan fingerprint density at radius 3 is 2.48 bits per heavy atom. The van der Waals surface area contributed by atoms with Crippen LogP contribution in [0.25, 0.3) is 0 Å². The molecule has 1 amide bonds. The van der Waals surface area contributed by atoms with E-state index in [1.54, 1.807) is 19.3 Å². The average Bonchev–Trinajstić information content (AvgIpc) is 2.44. The van der Waals surface area contributed by atoms with Gasteiger partial charge in [0.05, 0.1) is 15.6 Å². The second-order valence-electron chi connectivity index (χ2n) is 4.01.